The number of hydrogen-bond acceptors (Lipinski definition) is 4. The average Bonchev–Trinajstić information content (AvgIpc) is 2.84. The van der Waals surface area contributed by atoms with Crippen LogP contribution in [0.25, 0.3) is 21.3 Å². The number of methoxy groups -OCH3 is 1. The van der Waals surface area contributed by atoms with Gasteiger partial charge in [0.1, 0.15) is 15.2 Å². The Bertz CT molecular complexity index is 805. The molecule has 0 spiro atoms. The van der Waals surface area contributed by atoms with Gasteiger partial charge in [-0.3, -0.25) is 0 Å². The SMILES string of the molecule is COc1ccc(-c2csc3nc[nH]c(=S)c23)cc1C. The van der Waals surface area contributed by atoms with E-state index in [0.29, 0.717) is 0 Å². The van der Waals surface area contributed by atoms with E-state index in [1.165, 1.54) is 0 Å². The predicted octanol–water partition coefficient (Wildman–Crippen LogP) is 4.34. The molecular formula is C14H12N2OS2. The molecule has 3 rings (SSSR count). The lowest BCUT2D eigenvalue weighted by molar-refractivity contribution is 0.412. The molecule has 0 atom stereocenters. The lowest BCUT2D eigenvalue weighted by atomic mass is 10.0. The van der Waals surface area contributed by atoms with E-state index < -0.39 is 0 Å². The number of aryl methyl sites for hydroxylation is 1. The molecule has 0 aliphatic heterocycles. The fraction of sp³-hybridized carbons (Fsp3) is 0.143. The number of hydrogen-bond donors (Lipinski definition) is 1. The Morgan fingerprint density at radius 2 is 2.21 bits per heavy atom. The molecule has 0 aliphatic rings. The van der Waals surface area contributed by atoms with Crippen molar-refractivity contribution in [2.45, 2.75) is 6.92 Å². The highest BCUT2D eigenvalue weighted by molar-refractivity contribution is 7.71. The molecule has 0 unspecified atom stereocenters. The number of H-pyrrole nitrogens is 1. The second-order valence-electron chi connectivity index (χ2n) is 4.25. The van der Waals surface area contributed by atoms with Crippen molar-refractivity contribution in [3.63, 3.8) is 0 Å². The zero-order valence-electron chi connectivity index (χ0n) is 10.6. The molecule has 1 N–H and O–H groups in total. The van der Waals surface area contributed by atoms with Crippen molar-refractivity contribution in [1.82, 2.24) is 9.97 Å². The van der Waals surface area contributed by atoms with Crippen molar-refractivity contribution in [2.75, 3.05) is 7.11 Å². The molecule has 2 aromatic heterocycles. The maximum absolute atomic E-state index is 5.36. The Labute approximate surface area is 119 Å². The average molecular weight is 288 g/mol. The fourth-order valence-electron chi connectivity index (χ4n) is 2.14. The van der Waals surface area contributed by atoms with E-state index >= 15 is 0 Å². The van der Waals surface area contributed by atoms with Crippen LogP contribution in [0.15, 0.2) is 29.9 Å². The summed E-state index contributed by atoms with van der Waals surface area (Å²) in [6, 6.07) is 6.15. The molecular weight excluding hydrogens is 276 g/mol. The first kappa shape index (κ1) is 12.3. The Balaban J connectivity index is 2.25. The van der Waals surface area contributed by atoms with Gasteiger partial charge in [-0.15, -0.1) is 11.3 Å². The van der Waals surface area contributed by atoms with Gasteiger partial charge in [-0.2, -0.15) is 0 Å². The Kier molecular flexibility index (Phi) is 3.08. The Morgan fingerprint density at radius 3 is 2.95 bits per heavy atom. The number of nitrogens with one attached hydrogen (secondary N) is 1. The van der Waals surface area contributed by atoms with E-state index in [1.54, 1.807) is 24.8 Å². The van der Waals surface area contributed by atoms with Gasteiger partial charge < -0.3 is 9.72 Å². The Hall–Kier alpha value is -1.72. The van der Waals surface area contributed by atoms with E-state index in [-0.39, 0.29) is 0 Å². The number of benzene rings is 1. The number of ether oxygens (including phenoxy) is 1. The van der Waals surface area contributed by atoms with E-state index in [2.05, 4.69) is 27.5 Å². The van der Waals surface area contributed by atoms with Crippen LogP contribution in [0.1, 0.15) is 5.56 Å². The third kappa shape index (κ3) is 2.05. The zero-order chi connectivity index (χ0) is 13.4. The van der Waals surface area contributed by atoms with Crippen LogP contribution in [-0.4, -0.2) is 17.1 Å². The van der Waals surface area contributed by atoms with Gasteiger partial charge in [0.15, 0.2) is 0 Å². The van der Waals surface area contributed by atoms with Crippen LogP contribution in [0.3, 0.4) is 0 Å². The predicted molar refractivity (Wildman–Crippen MR) is 81.5 cm³/mol. The van der Waals surface area contributed by atoms with Crippen molar-refractivity contribution in [3.05, 3.63) is 40.1 Å². The minimum absolute atomic E-state index is 0.731. The minimum atomic E-state index is 0.731. The summed E-state index contributed by atoms with van der Waals surface area (Å²) >= 11 is 6.97. The van der Waals surface area contributed by atoms with Gasteiger partial charge in [-0.25, -0.2) is 4.98 Å². The van der Waals surface area contributed by atoms with Crippen LogP contribution in [0.5, 0.6) is 5.75 Å². The van der Waals surface area contributed by atoms with Gasteiger partial charge in [-0.05, 0) is 30.2 Å². The van der Waals surface area contributed by atoms with Gasteiger partial charge in [0.25, 0.3) is 0 Å². The highest BCUT2D eigenvalue weighted by Crippen LogP contribution is 2.34. The van der Waals surface area contributed by atoms with E-state index in [9.17, 15) is 0 Å². The quantitative estimate of drug-likeness (QED) is 0.713. The second kappa shape index (κ2) is 4.75. The maximum atomic E-state index is 5.36. The maximum Gasteiger partial charge on any atom is 0.128 e. The molecule has 0 radical (unpaired) electrons. The van der Waals surface area contributed by atoms with Crippen LogP contribution >= 0.6 is 23.6 Å². The summed E-state index contributed by atoms with van der Waals surface area (Å²) in [5.74, 6) is 0.895. The van der Waals surface area contributed by atoms with Crippen molar-refractivity contribution < 1.29 is 4.74 Å². The van der Waals surface area contributed by atoms with Crippen molar-refractivity contribution in [3.8, 4) is 16.9 Å². The third-order valence-electron chi connectivity index (χ3n) is 3.08. The fourth-order valence-corrected chi connectivity index (χ4v) is 3.39. The molecule has 5 heteroatoms. The molecule has 2 heterocycles. The summed E-state index contributed by atoms with van der Waals surface area (Å²) in [4.78, 5) is 8.27. The monoisotopic (exact) mass is 288 g/mol. The lowest BCUT2D eigenvalue weighted by Gasteiger charge is -2.06. The molecule has 0 fully saturated rings. The van der Waals surface area contributed by atoms with Crippen molar-refractivity contribution >= 4 is 33.8 Å². The molecule has 3 nitrogen and oxygen atoms in total. The van der Waals surface area contributed by atoms with Crippen LogP contribution in [0.2, 0.25) is 0 Å². The van der Waals surface area contributed by atoms with E-state index in [4.69, 9.17) is 17.0 Å². The molecule has 0 saturated carbocycles. The van der Waals surface area contributed by atoms with Crippen LogP contribution in [0, 0.1) is 11.6 Å². The largest absolute Gasteiger partial charge is 0.496 e. The first-order valence-electron chi connectivity index (χ1n) is 5.80. The third-order valence-corrected chi connectivity index (χ3v) is 4.29. The van der Waals surface area contributed by atoms with Crippen molar-refractivity contribution in [2.24, 2.45) is 0 Å². The van der Waals surface area contributed by atoms with Gasteiger partial charge in [0, 0.05) is 10.9 Å². The van der Waals surface area contributed by atoms with Crippen LogP contribution in [0.4, 0.5) is 0 Å². The number of rotatable bonds is 2. The Morgan fingerprint density at radius 1 is 1.37 bits per heavy atom. The van der Waals surface area contributed by atoms with Crippen molar-refractivity contribution in [1.29, 1.82) is 0 Å². The molecule has 96 valence electrons. The minimum Gasteiger partial charge on any atom is -0.496 e. The van der Waals surface area contributed by atoms with E-state index in [0.717, 1.165) is 37.3 Å². The molecule has 0 saturated heterocycles. The summed E-state index contributed by atoms with van der Waals surface area (Å²) < 4.78 is 6.02. The topological polar surface area (TPSA) is 37.9 Å². The summed E-state index contributed by atoms with van der Waals surface area (Å²) in [5, 5.41) is 3.12. The summed E-state index contributed by atoms with van der Waals surface area (Å²) in [6.07, 6.45) is 1.64. The smallest absolute Gasteiger partial charge is 0.128 e. The number of fused-ring (bicyclic) bond motifs is 1. The summed E-state index contributed by atoms with van der Waals surface area (Å²) in [7, 11) is 1.68. The lowest BCUT2D eigenvalue weighted by Crippen LogP contribution is -1.88. The van der Waals surface area contributed by atoms with Gasteiger partial charge >= 0.3 is 0 Å². The van der Waals surface area contributed by atoms with Crippen LogP contribution < -0.4 is 4.74 Å². The first-order chi connectivity index (χ1) is 9.20. The van der Waals surface area contributed by atoms with Gasteiger partial charge in [0.05, 0.1) is 18.8 Å². The molecule has 0 aliphatic carbocycles. The zero-order valence-corrected chi connectivity index (χ0v) is 12.2. The molecule has 1 aromatic carbocycles. The molecule has 0 bridgehead atoms. The van der Waals surface area contributed by atoms with Crippen LogP contribution in [-0.2, 0) is 0 Å². The summed E-state index contributed by atoms with van der Waals surface area (Å²) in [5.41, 5.74) is 3.37. The molecule has 3 aromatic rings. The number of nitrogens with zero attached hydrogens (tertiary/aromatic N) is 1. The number of aromatic amines is 1. The van der Waals surface area contributed by atoms with Gasteiger partial charge in [-0.1, -0.05) is 18.3 Å². The highest BCUT2D eigenvalue weighted by Gasteiger charge is 2.10. The number of thiophene rings is 1. The van der Waals surface area contributed by atoms with Gasteiger partial charge in [0.2, 0.25) is 0 Å². The highest BCUT2D eigenvalue weighted by atomic mass is 32.1. The molecule has 19 heavy (non-hydrogen) atoms. The second-order valence-corrected chi connectivity index (χ2v) is 5.51. The first-order valence-corrected chi connectivity index (χ1v) is 7.09. The molecule has 0 amide bonds. The normalized spacial score (nSPS) is 10.8. The van der Waals surface area contributed by atoms with E-state index in [1.807, 2.05) is 13.0 Å². The summed E-state index contributed by atoms with van der Waals surface area (Å²) in [6.45, 7) is 2.04. The standard InChI is InChI=1S/C14H12N2OS2/c1-8-5-9(3-4-11(8)17-2)10-6-19-14-12(10)13(18)15-7-16-14/h3-7H,1-2H3,(H,15,16,18). The number of aromatic nitrogens is 2.